The molecule has 0 aliphatic carbocycles. The summed E-state index contributed by atoms with van der Waals surface area (Å²) in [5, 5.41) is 0. The van der Waals surface area contributed by atoms with Crippen molar-refractivity contribution in [1.29, 1.82) is 0 Å². The van der Waals surface area contributed by atoms with E-state index in [0.29, 0.717) is 0 Å². The molecular formula is C19H33NO. The molecule has 120 valence electrons. The van der Waals surface area contributed by atoms with Gasteiger partial charge in [-0.3, -0.25) is 0 Å². The minimum Gasteiger partial charge on any atom is -0.496 e. The Balaban J connectivity index is 2.24. The molecule has 0 aliphatic rings. The molecule has 0 aliphatic heterocycles. The molecule has 21 heavy (non-hydrogen) atoms. The highest BCUT2D eigenvalue weighted by Crippen LogP contribution is 2.22. The number of hydrogen-bond donors (Lipinski definition) is 1. The maximum atomic E-state index is 6.29. The normalized spacial score (nSPS) is 12.4. The third kappa shape index (κ3) is 7.52. The SMILES string of the molecule is CCCCCCCCCC(N)Cc1cc(C)ccc1OC. The average molecular weight is 291 g/mol. The zero-order valence-electron chi connectivity index (χ0n) is 14.2. The maximum absolute atomic E-state index is 6.29. The number of rotatable bonds is 11. The molecule has 1 unspecified atom stereocenters. The molecule has 1 aromatic rings. The van der Waals surface area contributed by atoms with Gasteiger partial charge in [0.15, 0.2) is 0 Å². The van der Waals surface area contributed by atoms with E-state index in [1.54, 1.807) is 7.11 Å². The Morgan fingerprint density at radius 3 is 2.38 bits per heavy atom. The van der Waals surface area contributed by atoms with Gasteiger partial charge in [0, 0.05) is 6.04 Å². The van der Waals surface area contributed by atoms with Crippen LogP contribution < -0.4 is 10.5 Å². The summed E-state index contributed by atoms with van der Waals surface area (Å²) in [6, 6.07) is 6.58. The van der Waals surface area contributed by atoms with E-state index in [4.69, 9.17) is 10.5 Å². The van der Waals surface area contributed by atoms with Crippen molar-refractivity contribution in [1.82, 2.24) is 0 Å². The topological polar surface area (TPSA) is 35.2 Å². The van der Waals surface area contributed by atoms with Gasteiger partial charge in [-0.15, -0.1) is 0 Å². The van der Waals surface area contributed by atoms with Gasteiger partial charge < -0.3 is 10.5 Å². The number of hydrogen-bond acceptors (Lipinski definition) is 2. The van der Waals surface area contributed by atoms with E-state index in [-0.39, 0.29) is 6.04 Å². The minimum atomic E-state index is 0.247. The van der Waals surface area contributed by atoms with Gasteiger partial charge >= 0.3 is 0 Å². The molecule has 1 aromatic carbocycles. The van der Waals surface area contributed by atoms with Crippen LogP contribution in [0.15, 0.2) is 18.2 Å². The van der Waals surface area contributed by atoms with Gasteiger partial charge in [0.05, 0.1) is 7.11 Å². The first-order valence-corrected chi connectivity index (χ1v) is 8.56. The van der Waals surface area contributed by atoms with Crippen molar-refractivity contribution in [2.75, 3.05) is 7.11 Å². The molecule has 0 spiro atoms. The number of unbranched alkanes of at least 4 members (excludes halogenated alkanes) is 6. The lowest BCUT2D eigenvalue weighted by atomic mass is 9.98. The van der Waals surface area contributed by atoms with Crippen LogP contribution in [0.4, 0.5) is 0 Å². The van der Waals surface area contributed by atoms with Crippen LogP contribution in [0.5, 0.6) is 5.75 Å². The van der Waals surface area contributed by atoms with E-state index in [0.717, 1.165) is 18.6 Å². The lowest BCUT2D eigenvalue weighted by Gasteiger charge is -2.15. The van der Waals surface area contributed by atoms with Gasteiger partial charge in [-0.25, -0.2) is 0 Å². The van der Waals surface area contributed by atoms with Crippen molar-refractivity contribution in [3.8, 4) is 5.75 Å². The number of methoxy groups -OCH3 is 1. The largest absolute Gasteiger partial charge is 0.496 e. The fraction of sp³-hybridized carbons (Fsp3) is 0.684. The van der Waals surface area contributed by atoms with Crippen molar-refractivity contribution in [3.05, 3.63) is 29.3 Å². The van der Waals surface area contributed by atoms with E-state index in [2.05, 4.69) is 26.0 Å². The van der Waals surface area contributed by atoms with Crippen molar-refractivity contribution in [3.63, 3.8) is 0 Å². The Kier molecular flexibility index (Phi) is 9.16. The molecule has 0 heterocycles. The summed E-state index contributed by atoms with van der Waals surface area (Å²) in [5.41, 5.74) is 8.80. The predicted octanol–water partition coefficient (Wildman–Crippen LogP) is 5.01. The Hall–Kier alpha value is -1.02. The number of nitrogens with two attached hydrogens (primary N) is 1. The lowest BCUT2D eigenvalue weighted by molar-refractivity contribution is 0.406. The molecule has 2 N–H and O–H groups in total. The van der Waals surface area contributed by atoms with Crippen LogP contribution in [0.2, 0.25) is 0 Å². The summed E-state index contributed by atoms with van der Waals surface area (Å²) in [6.07, 6.45) is 11.4. The van der Waals surface area contributed by atoms with Gasteiger partial charge in [0.25, 0.3) is 0 Å². The van der Waals surface area contributed by atoms with Gasteiger partial charge in [0.2, 0.25) is 0 Å². The van der Waals surface area contributed by atoms with Crippen LogP contribution >= 0.6 is 0 Å². The first kappa shape index (κ1) is 18.0. The number of ether oxygens (including phenoxy) is 1. The summed E-state index contributed by atoms with van der Waals surface area (Å²) >= 11 is 0. The molecule has 1 atom stereocenters. The zero-order chi connectivity index (χ0) is 15.5. The first-order chi connectivity index (χ1) is 10.2. The van der Waals surface area contributed by atoms with Crippen LogP contribution in [0.1, 0.15) is 69.4 Å². The predicted molar refractivity (Wildman–Crippen MR) is 92.0 cm³/mol. The molecule has 0 amide bonds. The maximum Gasteiger partial charge on any atom is 0.122 e. The number of benzene rings is 1. The van der Waals surface area contributed by atoms with Crippen LogP contribution in [-0.4, -0.2) is 13.2 Å². The monoisotopic (exact) mass is 291 g/mol. The lowest BCUT2D eigenvalue weighted by Crippen LogP contribution is -2.23. The average Bonchev–Trinajstić information content (AvgIpc) is 2.46. The third-order valence-corrected chi connectivity index (χ3v) is 4.10. The Morgan fingerprint density at radius 2 is 1.71 bits per heavy atom. The fourth-order valence-electron chi connectivity index (χ4n) is 2.82. The van der Waals surface area contributed by atoms with Gasteiger partial charge in [0.1, 0.15) is 5.75 Å². The second kappa shape index (κ2) is 10.7. The van der Waals surface area contributed by atoms with Crippen molar-refractivity contribution in [2.45, 2.75) is 77.7 Å². The standard InChI is InChI=1S/C19H33NO/c1-4-5-6-7-8-9-10-11-18(20)15-17-14-16(2)12-13-19(17)21-3/h12-14,18H,4-11,15,20H2,1-3H3. The molecule has 0 saturated carbocycles. The quantitative estimate of drug-likeness (QED) is 0.581. The molecule has 0 radical (unpaired) electrons. The van der Waals surface area contributed by atoms with Crippen LogP contribution in [0, 0.1) is 6.92 Å². The highest BCUT2D eigenvalue weighted by atomic mass is 16.5. The van der Waals surface area contributed by atoms with E-state index >= 15 is 0 Å². The summed E-state index contributed by atoms with van der Waals surface area (Å²) in [4.78, 5) is 0. The van der Waals surface area contributed by atoms with Crippen molar-refractivity contribution < 1.29 is 4.74 Å². The van der Waals surface area contributed by atoms with Gasteiger partial charge in [-0.05, 0) is 31.4 Å². The first-order valence-electron chi connectivity index (χ1n) is 8.56. The van der Waals surface area contributed by atoms with Crippen LogP contribution in [0.3, 0.4) is 0 Å². The highest BCUT2D eigenvalue weighted by Gasteiger charge is 2.09. The zero-order valence-corrected chi connectivity index (χ0v) is 14.2. The summed E-state index contributed by atoms with van der Waals surface area (Å²) in [5.74, 6) is 0.968. The molecule has 2 heteroatoms. The van der Waals surface area contributed by atoms with Crippen molar-refractivity contribution >= 4 is 0 Å². The molecular weight excluding hydrogens is 258 g/mol. The molecule has 0 bridgehead atoms. The van der Waals surface area contributed by atoms with E-state index in [1.807, 2.05) is 6.07 Å². The second-order valence-electron chi connectivity index (χ2n) is 6.19. The number of aryl methyl sites for hydroxylation is 1. The van der Waals surface area contributed by atoms with E-state index in [1.165, 1.54) is 56.1 Å². The second-order valence-corrected chi connectivity index (χ2v) is 6.19. The summed E-state index contributed by atoms with van der Waals surface area (Å²) in [7, 11) is 1.73. The molecule has 2 nitrogen and oxygen atoms in total. The summed E-state index contributed by atoms with van der Waals surface area (Å²) < 4.78 is 5.43. The van der Waals surface area contributed by atoms with Crippen LogP contribution in [0.25, 0.3) is 0 Å². The summed E-state index contributed by atoms with van der Waals surface area (Å²) in [6.45, 7) is 4.38. The fourth-order valence-corrected chi connectivity index (χ4v) is 2.82. The van der Waals surface area contributed by atoms with Gasteiger partial charge in [-0.2, -0.15) is 0 Å². The van der Waals surface area contributed by atoms with E-state index < -0.39 is 0 Å². The highest BCUT2D eigenvalue weighted by molar-refractivity contribution is 5.37. The minimum absolute atomic E-state index is 0.247. The van der Waals surface area contributed by atoms with E-state index in [9.17, 15) is 0 Å². The molecule has 1 rings (SSSR count). The molecule has 0 aromatic heterocycles. The third-order valence-electron chi connectivity index (χ3n) is 4.10. The molecule has 0 fully saturated rings. The van der Waals surface area contributed by atoms with Crippen LogP contribution in [-0.2, 0) is 6.42 Å². The Labute approximate surface area is 131 Å². The smallest absolute Gasteiger partial charge is 0.122 e. The Bertz CT molecular complexity index is 389. The molecule has 0 saturated heterocycles. The van der Waals surface area contributed by atoms with Crippen molar-refractivity contribution in [2.24, 2.45) is 5.73 Å². The van der Waals surface area contributed by atoms with Gasteiger partial charge in [-0.1, -0.05) is 69.6 Å². The Morgan fingerprint density at radius 1 is 1.05 bits per heavy atom.